The molecule has 3 rings (SSSR count). The number of methoxy groups -OCH3 is 2. The number of nitrogens with one attached hydrogen (secondary N) is 1. The van der Waals surface area contributed by atoms with Gasteiger partial charge in [0.05, 0.1) is 24.8 Å². The zero-order chi connectivity index (χ0) is 32.8. The van der Waals surface area contributed by atoms with Gasteiger partial charge in [-0.3, -0.25) is 13.9 Å². The normalized spacial score (nSPS) is 12.3. The van der Waals surface area contributed by atoms with E-state index in [1.165, 1.54) is 37.3 Å². The lowest BCUT2D eigenvalue weighted by Crippen LogP contribution is -2.55. The summed E-state index contributed by atoms with van der Waals surface area (Å²) in [5.41, 5.74) is 2.18. The lowest BCUT2D eigenvalue weighted by atomic mass is 10.1. The van der Waals surface area contributed by atoms with Gasteiger partial charge in [0.1, 0.15) is 12.6 Å². The number of carbonyl (C=O) groups excluding carboxylic acids is 2. The molecule has 0 spiro atoms. The van der Waals surface area contributed by atoms with E-state index in [1.54, 1.807) is 36.4 Å². The summed E-state index contributed by atoms with van der Waals surface area (Å²) < 4.78 is 40.3. The average Bonchev–Trinajstić information content (AvgIpc) is 2.94. The molecule has 0 aliphatic rings. The summed E-state index contributed by atoms with van der Waals surface area (Å²) in [5.74, 6) is -0.276. The van der Waals surface area contributed by atoms with Crippen LogP contribution in [-0.4, -0.2) is 57.5 Å². The van der Waals surface area contributed by atoms with Crippen molar-refractivity contribution in [2.75, 3.05) is 25.1 Å². The van der Waals surface area contributed by atoms with Crippen LogP contribution in [0.5, 0.6) is 11.5 Å². The van der Waals surface area contributed by atoms with Gasteiger partial charge in [-0.2, -0.15) is 0 Å². The highest BCUT2D eigenvalue weighted by atomic mass is 35.5. The van der Waals surface area contributed by atoms with E-state index in [4.69, 9.17) is 21.1 Å². The standard InChI is InChI=1S/C33H42ClN3O6S/c1-9-28(32(39)35-33(4,5)6)36(20-24-10-12-25(34)13-11-24)31(38)21-37(26-17-22(2)16-23(3)18-26)44(40,41)27-14-15-29(42-7)30(19-27)43-8/h10-19,28H,9,20-21H2,1-8H3,(H,35,39). The first-order valence-electron chi connectivity index (χ1n) is 14.3. The number of benzene rings is 3. The highest BCUT2D eigenvalue weighted by molar-refractivity contribution is 7.92. The maximum absolute atomic E-state index is 14.3. The summed E-state index contributed by atoms with van der Waals surface area (Å²) in [6.07, 6.45) is 0.313. The largest absolute Gasteiger partial charge is 0.493 e. The molecule has 1 atom stereocenters. The van der Waals surface area contributed by atoms with Gasteiger partial charge in [0.2, 0.25) is 11.8 Å². The minimum Gasteiger partial charge on any atom is -0.493 e. The molecule has 2 amide bonds. The van der Waals surface area contributed by atoms with Crippen molar-refractivity contribution >= 4 is 39.1 Å². The number of anilines is 1. The molecule has 0 fully saturated rings. The summed E-state index contributed by atoms with van der Waals surface area (Å²) in [4.78, 5) is 29.2. The highest BCUT2D eigenvalue weighted by Crippen LogP contribution is 2.33. The molecule has 44 heavy (non-hydrogen) atoms. The Bertz CT molecular complexity index is 1570. The van der Waals surface area contributed by atoms with Crippen LogP contribution in [0.2, 0.25) is 5.02 Å². The molecule has 0 heterocycles. The highest BCUT2D eigenvalue weighted by Gasteiger charge is 2.35. The second-order valence-corrected chi connectivity index (χ2v) is 14.0. The summed E-state index contributed by atoms with van der Waals surface area (Å²) in [5, 5.41) is 3.50. The zero-order valence-corrected chi connectivity index (χ0v) is 28.2. The van der Waals surface area contributed by atoms with Crippen molar-refractivity contribution in [3.05, 3.63) is 82.4 Å². The average molecular weight is 644 g/mol. The summed E-state index contributed by atoms with van der Waals surface area (Å²) in [7, 11) is -1.42. The van der Waals surface area contributed by atoms with Gasteiger partial charge in [-0.25, -0.2) is 8.42 Å². The van der Waals surface area contributed by atoms with Crippen LogP contribution in [0.25, 0.3) is 0 Å². The van der Waals surface area contributed by atoms with E-state index in [-0.39, 0.29) is 23.1 Å². The van der Waals surface area contributed by atoms with Gasteiger partial charge in [0.15, 0.2) is 11.5 Å². The number of sulfonamides is 1. The van der Waals surface area contributed by atoms with Gasteiger partial charge in [-0.1, -0.05) is 36.7 Å². The number of hydrogen-bond donors (Lipinski definition) is 1. The molecule has 0 saturated heterocycles. The van der Waals surface area contributed by atoms with Gasteiger partial charge in [0, 0.05) is 23.2 Å². The number of carbonyl (C=O) groups is 2. The third-order valence-electron chi connectivity index (χ3n) is 6.87. The zero-order valence-electron chi connectivity index (χ0n) is 26.6. The lowest BCUT2D eigenvalue weighted by Gasteiger charge is -2.35. The third-order valence-corrected chi connectivity index (χ3v) is 8.89. The maximum Gasteiger partial charge on any atom is 0.264 e. The van der Waals surface area contributed by atoms with Crippen LogP contribution in [-0.2, 0) is 26.2 Å². The molecule has 1 unspecified atom stereocenters. The van der Waals surface area contributed by atoms with E-state index in [9.17, 15) is 18.0 Å². The molecule has 0 radical (unpaired) electrons. The maximum atomic E-state index is 14.3. The monoisotopic (exact) mass is 643 g/mol. The van der Waals surface area contributed by atoms with Crippen LogP contribution < -0.4 is 19.1 Å². The van der Waals surface area contributed by atoms with E-state index in [0.29, 0.717) is 22.9 Å². The summed E-state index contributed by atoms with van der Waals surface area (Å²) in [6, 6.07) is 15.7. The number of hydrogen-bond acceptors (Lipinski definition) is 6. The first-order chi connectivity index (χ1) is 20.6. The van der Waals surface area contributed by atoms with Crippen LogP contribution in [0.4, 0.5) is 5.69 Å². The number of nitrogens with zero attached hydrogens (tertiary/aromatic N) is 2. The fourth-order valence-corrected chi connectivity index (χ4v) is 6.43. The number of aryl methyl sites for hydroxylation is 2. The molecule has 0 bridgehead atoms. The minimum atomic E-state index is -4.30. The second-order valence-electron chi connectivity index (χ2n) is 11.7. The summed E-state index contributed by atoms with van der Waals surface area (Å²) >= 11 is 6.10. The van der Waals surface area contributed by atoms with Crippen molar-refractivity contribution < 1.29 is 27.5 Å². The van der Waals surface area contributed by atoms with E-state index < -0.39 is 34.1 Å². The third kappa shape index (κ3) is 8.66. The van der Waals surface area contributed by atoms with Crippen molar-refractivity contribution in [3.8, 4) is 11.5 Å². The molecule has 0 saturated carbocycles. The number of ether oxygens (including phenoxy) is 2. The predicted molar refractivity (Wildman–Crippen MR) is 174 cm³/mol. The summed E-state index contributed by atoms with van der Waals surface area (Å²) in [6.45, 7) is 10.6. The number of halogens is 1. The van der Waals surface area contributed by atoms with Crippen LogP contribution >= 0.6 is 11.6 Å². The van der Waals surface area contributed by atoms with Crippen molar-refractivity contribution in [1.82, 2.24) is 10.2 Å². The Morgan fingerprint density at radius 2 is 1.50 bits per heavy atom. The molecular formula is C33H42ClN3O6S. The number of rotatable bonds is 12. The van der Waals surface area contributed by atoms with E-state index in [1.807, 2.05) is 47.6 Å². The SMILES string of the molecule is CCC(C(=O)NC(C)(C)C)N(Cc1ccc(Cl)cc1)C(=O)CN(c1cc(C)cc(C)c1)S(=O)(=O)c1ccc(OC)c(OC)c1. The molecule has 0 aromatic heterocycles. The fraction of sp³-hybridized carbons (Fsp3) is 0.394. The van der Waals surface area contributed by atoms with Gasteiger partial charge in [-0.05, 0) is 94.1 Å². The smallest absolute Gasteiger partial charge is 0.264 e. The van der Waals surface area contributed by atoms with Gasteiger partial charge >= 0.3 is 0 Å². The first kappa shape index (κ1) is 34.7. The van der Waals surface area contributed by atoms with Crippen molar-refractivity contribution in [1.29, 1.82) is 0 Å². The molecule has 9 nitrogen and oxygen atoms in total. The molecule has 1 N–H and O–H groups in total. The quantitative estimate of drug-likeness (QED) is 0.264. The predicted octanol–water partition coefficient (Wildman–Crippen LogP) is 5.89. The van der Waals surface area contributed by atoms with Crippen molar-refractivity contribution in [2.24, 2.45) is 0 Å². The Kier molecular flexibility index (Phi) is 11.3. The van der Waals surface area contributed by atoms with Crippen LogP contribution in [0.1, 0.15) is 50.8 Å². The van der Waals surface area contributed by atoms with E-state index in [2.05, 4.69) is 5.32 Å². The molecule has 238 valence electrons. The van der Waals surface area contributed by atoms with Crippen molar-refractivity contribution in [3.63, 3.8) is 0 Å². The van der Waals surface area contributed by atoms with Gasteiger partial charge < -0.3 is 19.7 Å². The first-order valence-corrected chi connectivity index (χ1v) is 16.1. The van der Waals surface area contributed by atoms with Gasteiger partial charge in [-0.15, -0.1) is 0 Å². The minimum absolute atomic E-state index is 0.0726. The Morgan fingerprint density at radius 1 is 0.909 bits per heavy atom. The Balaban J connectivity index is 2.14. The molecule has 0 aliphatic heterocycles. The molecule has 11 heteroatoms. The van der Waals surface area contributed by atoms with Crippen molar-refractivity contribution in [2.45, 2.75) is 71.0 Å². The van der Waals surface area contributed by atoms with Crippen LogP contribution in [0, 0.1) is 13.8 Å². The van der Waals surface area contributed by atoms with Gasteiger partial charge in [0.25, 0.3) is 10.0 Å². The van der Waals surface area contributed by atoms with E-state index in [0.717, 1.165) is 21.0 Å². The lowest BCUT2D eigenvalue weighted by molar-refractivity contribution is -0.141. The topological polar surface area (TPSA) is 105 Å². The molecular weight excluding hydrogens is 602 g/mol. The van der Waals surface area contributed by atoms with Crippen LogP contribution in [0.3, 0.4) is 0 Å². The molecule has 3 aromatic rings. The molecule has 3 aromatic carbocycles. The number of amides is 2. The molecule has 0 aliphatic carbocycles. The fourth-order valence-electron chi connectivity index (χ4n) is 4.89. The second kappa shape index (κ2) is 14.3. The Hall–Kier alpha value is -3.76. The van der Waals surface area contributed by atoms with E-state index >= 15 is 0 Å². The van der Waals surface area contributed by atoms with Crippen LogP contribution in [0.15, 0.2) is 65.6 Å². The Labute approximate surface area is 266 Å². The Morgan fingerprint density at radius 3 is 2.02 bits per heavy atom.